The summed E-state index contributed by atoms with van der Waals surface area (Å²) in [5, 5.41) is 9.44. The first-order chi connectivity index (χ1) is 13.6. The van der Waals surface area contributed by atoms with E-state index in [4.69, 9.17) is 4.74 Å². The number of hydrogen-bond acceptors (Lipinski definition) is 4. The number of ether oxygens (including phenoxy) is 1. The van der Waals surface area contributed by atoms with Crippen LogP contribution < -0.4 is 4.74 Å². The second-order valence-electron chi connectivity index (χ2n) is 5.80. The van der Waals surface area contributed by atoms with E-state index in [2.05, 4.69) is 15.9 Å². The molecular weight excluding hydrogens is 418 g/mol. The molecule has 5 heteroatoms. The van der Waals surface area contributed by atoms with Crippen molar-refractivity contribution in [3.8, 4) is 11.8 Å². The lowest BCUT2D eigenvalue weighted by atomic mass is 10.0. The molecule has 0 aliphatic carbocycles. The fourth-order valence-corrected chi connectivity index (χ4v) is 2.75. The Labute approximate surface area is 170 Å². The minimum Gasteiger partial charge on any atom is -0.422 e. The van der Waals surface area contributed by atoms with Crippen LogP contribution in [0.4, 0.5) is 0 Å². The first-order valence-corrected chi connectivity index (χ1v) is 9.16. The van der Waals surface area contributed by atoms with Crippen LogP contribution >= 0.6 is 15.9 Å². The highest BCUT2D eigenvalue weighted by atomic mass is 79.9. The van der Waals surface area contributed by atoms with E-state index in [-0.39, 0.29) is 11.3 Å². The van der Waals surface area contributed by atoms with E-state index in [1.165, 1.54) is 6.08 Å². The van der Waals surface area contributed by atoms with Crippen molar-refractivity contribution in [1.82, 2.24) is 0 Å². The van der Waals surface area contributed by atoms with E-state index < -0.39 is 11.8 Å². The normalized spacial score (nSPS) is 10.8. The highest BCUT2D eigenvalue weighted by molar-refractivity contribution is 9.10. The summed E-state index contributed by atoms with van der Waals surface area (Å²) < 4.78 is 6.34. The summed E-state index contributed by atoms with van der Waals surface area (Å²) in [5.74, 6) is -0.651. The fraction of sp³-hybridized carbons (Fsp3) is 0. The van der Waals surface area contributed by atoms with Crippen molar-refractivity contribution in [2.24, 2.45) is 0 Å². The Morgan fingerprint density at radius 3 is 2.18 bits per heavy atom. The van der Waals surface area contributed by atoms with Crippen molar-refractivity contribution in [2.45, 2.75) is 0 Å². The zero-order valence-electron chi connectivity index (χ0n) is 14.6. The monoisotopic (exact) mass is 431 g/mol. The topological polar surface area (TPSA) is 67.2 Å². The summed E-state index contributed by atoms with van der Waals surface area (Å²) in [6.07, 6.45) is 1.43. The Balaban J connectivity index is 1.90. The minimum atomic E-state index is -0.527. The molecule has 0 saturated heterocycles. The Bertz CT molecular complexity index is 1080. The number of nitriles is 1. The largest absolute Gasteiger partial charge is 0.422 e. The average Bonchev–Trinajstić information content (AvgIpc) is 2.73. The molecule has 3 aromatic rings. The third kappa shape index (κ3) is 4.61. The van der Waals surface area contributed by atoms with E-state index in [1.54, 1.807) is 78.9 Å². The predicted molar refractivity (Wildman–Crippen MR) is 110 cm³/mol. The quantitative estimate of drug-likeness (QED) is 0.177. The molecule has 0 unspecified atom stereocenters. The van der Waals surface area contributed by atoms with E-state index in [0.717, 1.165) is 4.47 Å². The zero-order chi connectivity index (χ0) is 19.9. The molecule has 0 amide bonds. The molecule has 0 spiro atoms. The third-order valence-corrected chi connectivity index (χ3v) is 4.43. The number of allylic oxidation sites excluding steroid dienone is 1. The number of halogens is 1. The summed E-state index contributed by atoms with van der Waals surface area (Å²) >= 11 is 3.32. The van der Waals surface area contributed by atoms with Gasteiger partial charge in [0.05, 0.1) is 5.56 Å². The smallest absolute Gasteiger partial charge is 0.343 e. The average molecular weight is 432 g/mol. The Morgan fingerprint density at radius 2 is 1.50 bits per heavy atom. The van der Waals surface area contributed by atoms with Crippen LogP contribution in [-0.2, 0) is 0 Å². The molecule has 0 aliphatic rings. The Kier molecular flexibility index (Phi) is 6.15. The van der Waals surface area contributed by atoms with Gasteiger partial charge in [0.25, 0.3) is 0 Å². The number of carbonyl (C=O) groups excluding carboxylic acids is 2. The van der Waals surface area contributed by atoms with Gasteiger partial charge in [-0.3, -0.25) is 4.79 Å². The molecule has 4 nitrogen and oxygen atoms in total. The van der Waals surface area contributed by atoms with Crippen LogP contribution in [0.5, 0.6) is 5.75 Å². The van der Waals surface area contributed by atoms with Crippen molar-refractivity contribution < 1.29 is 14.3 Å². The molecule has 0 aliphatic heterocycles. The van der Waals surface area contributed by atoms with Crippen LogP contribution in [0, 0.1) is 11.3 Å². The van der Waals surface area contributed by atoms with Gasteiger partial charge >= 0.3 is 5.97 Å². The Hall–Kier alpha value is -3.49. The predicted octanol–water partition coefficient (Wildman–Crippen LogP) is 5.46. The molecule has 0 saturated carbocycles. The molecule has 0 radical (unpaired) electrons. The van der Waals surface area contributed by atoms with Gasteiger partial charge in [-0.25, -0.2) is 4.79 Å². The molecule has 0 bridgehead atoms. The summed E-state index contributed by atoms with van der Waals surface area (Å²) in [5.41, 5.74) is 1.23. The van der Waals surface area contributed by atoms with Gasteiger partial charge in [-0.1, -0.05) is 64.5 Å². The molecule has 3 rings (SSSR count). The molecule has 0 N–H and O–H groups in total. The summed E-state index contributed by atoms with van der Waals surface area (Å²) in [6.45, 7) is 0. The van der Waals surface area contributed by atoms with Crippen molar-refractivity contribution in [2.75, 3.05) is 0 Å². The highest BCUT2D eigenvalue weighted by Crippen LogP contribution is 2.23. The second-order valence-corrected chi connectivity index (χ2v) is 6.71. The third-order valence-electron chi connectivity index (χ3n) is 3.90. The molecule has 0 fully saturated rings. The number of nitrogens with zero attached hydrogens (tertiary/aromatic N) is 1. The maximum Gasteiger partial charge on any atom is 0.343 e. The number of benzene rings is 3. The van der Waals surface area contributed by atoms with Gasteiger partial charge in [-0.2, -0.15) is 5.26 Å². The van der Waals surface area contributed by atoms with Gasteiger partial charge in [0.1, 0.15) is 17.4 Å². The first kappa shape index (κ1) is 19.3. The maximum absolute atomic E-state index is 12.6. The lowest BCUT2D eigenvalue weighted by molar-refractivity contribution is 0.0734. The number of hydrogen-bond donors (Lipinski definition) is 0. The van der Waals surface area contributed by atoms with Crippen LogP contribution in [0.2, 0.25) is 0 Å². The van der Waals surface area contributed by atoms with Crippen LogP contribution in [0.1, 0.15) is 26.3 Å². The number of esters is 1. The number of ketones is 1. The van der Waals surface area contributed by atoms with E-state index in [0.29, 0.717) is 16.7 Å². The molecule has 3 aromatic carbocycles. The molecule has 0 aromatic heterocycles. The standard InChI is InChI=1S/C23H14BrNO3/c24-20-12-10-17(11-13-20)23(27)28-21-9-5-4-8-18(21)14-19(15-25)22(26)16-6-2-1-3-7-16/h1-14H/b19-14+. The first-order valence-electron chi connectivity index (χ1n) is 8.37. The van der Waals surface area contributed by atoms with Gasteiger partial charge in [-0.05, 0) is 36.4 Å². The summed E-state index contributed by atoms with van der Waals surface area (Å²) in [6, 6.07) is 24.0. The summed E-state index contributed by atoms with van der Waals surface area (Å²) in [4.78, 5) is 25.0. The number of Topliss-reactive ketones (excluding diaryl/α,β-unsaturated/α-hetero) is 1. The second kappa shape index (κ2) is 8.94. The van der Waals surface area contributed by atoms with Crippen molar-refractivity contribution in [3.63, 3.8) is 0 Å². The lowest BCUT2D eigenvalue weighted by Gasteiger charge is -2.08. The number of carbonyl (C=O) groups is 2. The molecule has 28 heavy (non-hydrogen) atoms. The van der Waals surface area contributed by atoms with Crippen LogP contribution in [0.15, 0.2) is 88.9 Å². The maximum atomic E-state index is 12.6. The van der Waals surface area contributed by atoms with Crippen molar-refractivity contribution >= 4 is 33.8 Å². The summed E-state index contributed by atoms with van der Waals surface area (Å²) in [7, 11) is 0. The van der Waals surface area contributed by atoms with E-state index in [1.807, 2.05) is 6.07 Å². The number of rotatable bonds is 5. The van der Waals surface area contributed by atoms with E-state index in [9.17, 15) is 14.9 Å². The molecule has 0 atom stereocenters. The van der Waals surface area contributed by atoms with Gasteiger partial charge < -0.3 is 4.74 Å². The van der Waals surface area contributed by atoms with Gasteiger partial charge in [0.2, 0.25) is 5.78 Å². The van der Waals surface area contributed by atoms with E-state index >= 15 is 0 Å². The van der Waals surface area contributed by atoms with Gasteiger partial charge in [-0.15, -0.1) is 0 Å². The number of para-hydroxylation sites is 1. The zero-order valence-corrected chi connectivity index (χ0v) is 16.2. The fourth-order valence-electron chi connectivity index (χ4n) is 2.49. The highest BCUT2D eigenvalue weighted by Gasteiger charge is 2.15. The van der Waals surface area contributed by atoms with Gasteiger partial charge in [0, 0.05) is 15.6 Å². The van der Waals surface area contributed by atoms with Crippen LogP contribution in [0.25, 0.3) is 6.08 Å². The molecule has 136 valence electrons. The van der Waals surface area contributed by atoms with Gasteiger partial charge in [0.15, 0.2) is 0 Å². The van der Waals surface area contributed by atoms with Crippen LogP contribution in [0.3, 0.4) is 0 Å². The van der Waals surface area contributed by atoms with Crippen LogP contribution in [-0.4, -0.2) is 11.8 Å². The lowest BCUT2D eigenvalue weighted by Crippen LogP contribution is -2.09. The molecule has 0 heterocycles. The SMILES string of the molecule is N#C/C(=C\c1ccccc1OC(=O)c1ccc(Br)cc1)C(=O)c1ccccc1. The Morgan fingerprint density at radius 1 is 0.857 bits per heavy atom. The van der Waals surface area contributed by atoms with Crippen molar-refractivity contribution in [1.29, 1.82) is 5.26 Å². The molecular formula is C23H14BrNO3. The minimum absolute atomic E-state index is 0.0432. The van der Waals surface area contributed by atoms with Crippen molar-refractivity contribution in [3.05, 3.63) is 106 Å².